The molecule has 1 heterocycles. The lowest BCUT2D eigenvalue weighted by Gasteiger charge is -2.23. The van der Waals surface area contributed by atoms with Crippen LogP contribution in [0.15, 0.2) is 28.7 Å². The van der Waals surface area contributed by atoms with Crippen molar-refractivity contribution in [3.63, 3.8) is 0 Å². The molecule has 1 aliphatic heterocycles. The highest BCUT2D eigenvalue weighted by Crippen LogP contribution is 2.15. The number of benzene rings is 1. The summed E-state index contributed by atoms with van der Waals surface area (Å²) in [5, 5.41) is 0. The number of halogens is 1. The van der Waals surface area contributed by atoms with Crippen LogP contribution >= 0.6 is 15.9 Å². The lowest BCUT2D eigenvalue weighted by molar-refractivity contribution is -0.900. The van der Waals surface area contributed by atoms with E-state index in [1.54, 1.807) is 12.1 Å². The summed E-state index contributed by atoms with van der Waals surface area (Å²) in [6.07, 6.45) is 0. The third kappa shape index (κ3) is 6.00. The molecule has 1 aliphatic rings. The van der Waals surface area contributed by atoms with E-state index in [2.05, 4.69) is 26.8 Å². The fraction of sp³-hybridized carbons (Fsp3) is 0.429. The number of carbonyl (C=O) groups is 2. The highest BCUT2D eigenvalue weighted by atomic mass is 79.9. The van der Waals surface area contributed by atoms with Gasteiger partial charge in [0.2, 0.25) is 0 Å². The lowest BCUT2D eigenvalue weighted by atomic mass is 10.3. The second kappa shape index (κ2) is 8.72. The normalized spacial score (nSPS) is 15.1. The SMILES string of the molecule is O=C(COc1ccc(Br)cc1)NNC(=O)C[NH+]1CCOCC1. The van der Waals surface area contributed by atoms with Crippen LogP contribution in [0.25, 0.3) is 0 Å². The molecule has 8 heteroatoms. The van der Waals surface area contributed by atoms with E-state index in [1.165, 1.54) is 0 Å². The largest absolute Gasteiger partial charge is 0.484 e. The molecule has 0 radical (unpaired) electrons. The van der Waals surface area contributed by atoms with Crippen molar-refractivity contribution in [2.45, 2.75) is 0 Å². The molecule has 0 spiro atoms. The summed E-state index contributed by atoms with van der Waals surface area (Å²) in [5.74, 6) is -0.0513. The molecular formula is C14H19BrN3O4+. The van der Waals surface area contributed by atoms with E-state index in [1.807, 2.05) is 12.1 Å². The van der Waals surface area contributed by atoms with Gasteiger partial charge in [0.05, 0.1) is 13.2 Å². The maximum absolute atomic E-state index is 11.7. The highest BCUT2D eigenvalue weighted by Gasteiger charge is 2.17. The summed E-state index contributed by atoms with van der Waals surface area (Å²) in [5.41, 5.74) is 4.72. The van der Waals surface area contributed by atoms with Gasteiger partial charge in [-0.15, -0.1) is 0 Å². The monoisotopic (exact) mass is 372 g/mol. The van der Waals surface area contributed by atoms with Gasteiger partial charge in [-0.05, 0) is 24.3 Å². The zero-order valence-corrected chi connectivity index (χ0v) is 13.6. The standard InChI is InChI=1S/C14H18BrN3O4/c15-11-1-3-12(4-2-11)22-10-14(20)17-16-13(19)9-18-5-7-21-8-6-18/h1-4H,5-10H2,(H,16,19)(H,17,20)/p+1. The molecule has 22 heavy (non-hydrogen) atoms. The van der Waals surface area contributed by atoms with E-state index < -0.39 is 5.91 Å². The fourth-order valence-corrected chi connectivity index (χ4v) is 2.23. The van der Waals surface area contributed by atoms with Crippen molar-refractivity contribution in [1.29, 1.82) is 0 Å². The molecule has 1 fully saturated rings. The van der Waals surface area contributed by atoms with Crippen LogP contribution in [0.5, 0.6) is 5.75 Å². The molecule has 3 N–H and O–H groups in total. The molecule has 1 saturated heterocycles. The first-order valence-electron chi connectivity index (χ1n) is 7.01. The number of quaternary nitrogens is 1. The number of hydrazine groups is 1. The van der Waals surface area contributed by atoms with Gasteiger partial charge in [-0.2, -0.15) is 0 Å². The van der Waals surface area contributed by atoms with Crippen LogP contribution in [0.3, 0.4) is 0 Å². The van der Waals surface area contributed by atoms with Gasteiger partial charge in [0.15, 0.2) is 13.2 Å². The quantitative estimate of drug-likeness (QED) is 0.572. The number of nitrogens with one attached hydrogen (secondary N) is 3. The molecule has 0 atom stereocenters. The fourth-order valence-electron chi connectivity index (χ4n) is 1.96. The van der Waals surface area contributed by atoms with Crippen LogP contribution < -0.4 is 20.5 Å². The van der Waals surface area contributed by atoms with Gasteiger partial charge < -0.3 is 14.4 Å². The van der Waals surface area contributed by atoms with E-state index >= 15 is 0 Å². The van der Waals surface area contributed by atoms with Crippen LogP contribution in [-0.4, -0.2) is 51.3 Å². The van der Waals surface area contributed by atoms with Crippen molar-refractivity contribution in [1.82, 2.24) is 10.9 Å². The van der Waals surface area contributed by atoms with Crippen LogP contribution in [0, 0.1) is 0 Å². The Morgan fingerprint density at radius 2 is 1.77 bits per heavy atom. The summed E-state index contributed by atoms with van der Waals surface area (Å²) in [4.78, 5) is 24.4. The number of carbonyl (C=O) groups excluding carboxylic acids is 2. The van der Waals surface area contributed by atoms with Crippen molar-refractivity contribution < 1.29 is 24.0 Å². The Morgan fingerprint density at radius 1 is 1.14 bits per heavy atom. The molecule has 0 saturated carbocycles. The molecule has 0 aromatic heterocycles. The predicted molar refractivity (Wildman–Crippen MR) is 82.3 cm³/mol. The average Bonchev–Trinajstić information content (AvgIpc) is 2.53. The molecule has 2 rings (SSSR count). The van der Waals surface area contributed by atoms with Gasteiger partial charge in [0.1, 0.15) is 18.8 Å². The van der Waals surface area contributed by atoms with Crippen molar-refractivity contribution >= 4 is 27.7 Å². The average molecular weight is 373 g/mol. The molecule has 2 amide bonds. The second-order valence-corrected chi connectivity index (χ2v) is 5.79. The lowest BCUT2D eigenvalue weighted by Crippen LogP contribution is -3.15. The summed E-state index contributed by atoms with van der Waals surface area (Å²) >= 11 is 3.31. The number of amides is 2. The van der Waals surface area contributed by atoms with Gasteiger partial charge in [-0.1, -0.05) is 15.9 Å². The third-order valence-corrected chi connectivity index (χ3v) is 3.66. The maximum atomic E-state index is 11.7. The first kappa shape index (κ1) is 16.7. The van der Waals surface area contributed by atoms with Crippen LogP contribution in [0.1, 0.15) is 0 Å². The molecular weight excluding hydrogens is 354 g/mol. The molecule has 0 bridgehead atoms. The topological polar surface area (TPSA) is 81.1 Å². The number of hydrogen-bond donors (Lipinski definition) is 3. The minimum atomic E-state index is -0.409. The Hall–Kier alpha value is -1.64. The first-order valence-corrected chi connectivity index (χ1v) is 7.80. The third-order valence-electron chi connectivity index (χ3n) is 3.14. The number of ether oxygens (including phenoxy) is 2. The Balaban J connectivity index is 1.62. The number of rotatable bonds is 5. The van der Waals surface area contributed by atoms with Gasteiger partial charge in [0.25, 0.3) is 11.8 Å². The summed E-state index contributed by atoms with van der Waals surface area (Å²) in [6.45, 7) is 3.08. The summed E-state index contributed by atoms with van der Waals surface area (Å²) < 4.78 is 11.5. The van der Waals surface area contributed by atoms with Crippen molar-refractivity contribution in [2.75, 3.05) is 39.5 Å². The van der Waals surface area contributed by atoms with Gasteiger partial charge in [-0.25, -0.2) is 0 Å². The van der Waals surface area contributed by atoms with Crippen molar-refractivity contribution in [3.8, 4) is 5.75 Å². The zero-order valence-electron chi connectivity index (χ0n) is 12.1. The van der Waals surface area contributed by atoms with E-state index in [-0.39, 0.29) is 12.5 Å². The first-order chi connectivity index (χ1) is 10.6. The van der Waals surface area contributed by atoms with E-state index in [4.69, 9.17) is 9.47 Å². The summed E-state index contributed by atoms with van der Waals surface area (Å²) in [7, 11) is 0. The molecule has 0 unspecified atom stereocenters. The van der Waals surface area contributed by atoms with Crippen LogP contribution in [-0.2, 0) is 14.3 Å². The van der Waals surface area contributed by atoms with Gasteiger partial charge in [-0.3, -0.25) is 20.4 Å². The summed E-state index contributed by atoms with van der Waals surface area (Å²) in [6, 6.07) is 7.13. The second-order valence-electron chi connectivity index (χ2n) is 4.88. The molecule has 120 valence electrons. The van der Waals surface area contributed by atoms with E-state index in [9.17, 15) is 9.59 Å². The van der Waals surface area contributed by atoms with E-state index in [0.29, 0.717) is 25.5 Å². The van der Waals surface area contributed by atoms with Gasteiger partial charge in [0, 0.05) is 4.47 Å². The molecule has 1 aromatic rings. The molecule has 0 aliphatic carbocycles. The Kier molecular flexibility index (Phi) is 6.63. The molecule has 7 nitrogen and oxygen atoms in total. The van der Waals surface area contributed by atoms with E-state index in [0.717, 1.165) is 22.5 Å². The molecule has 1 aromatic carbocycles. The number of morpholine rings is 1. The Bertz CT molecular complexity index is 503. The maximum Gasteiger partial charge on any atom is 0.293 e. The van der Waals surface area contributed by atoms with Crippen LogP contribution in [0.4, 0.5) is 0 Å². The minimum absolute atomic E-state index is 0.160. The van der Waals surface area contributed by atoms with Crippen LogP contribution in [0.2, 0.25) is 0 Å². The Morgan fingerprint density at radius 3 is 2.45 bits per heavy atom. The minimum Gasteiger partial charge on any atom is -0.484 e. The van der Waals surface area contributed by atoms with Crippen molar-refractivity contribution in [3.05, 3.63) is 28.7 Å². The predicted octanol–water partition coefficient (Wildman–Crippen LogP) is -1.11. The Labute approximate surface area is 137 Å². The highest BCUT2D eigenvalue weighted by molar-refractivity contribution is 9.10. The number of hydrogen-bond acceptors (Lipinski definition) is 4. The smallest absolute Gasteiger partial charge is 0.293 e. The van der Waals surface area contributed by atoms with Gasteiger partial charge >= 0.3 is 0 Å². The zero-order chi connectivity index (χ0) is 15.8. The van der Waals surface area contributed by atoms with Crippen molar-refractivity contribution in [2.24, 2.45) is 0 Å².